The van der Waals surface area contributed by atoms with Crippen molar-refractivity contribution in [2.45, 2.75) is 27.2 Å². The molecule has 1 nitrogen and oxygen atoms in total. The fourth-order valence-corrected chi connectivity index (χ4v) is 1.75. The molecule has 0 aliphatic carbocycles. The van der Waals surface area contributed by atoms with Gasteiger partial charge in [0, 0.05) is 24.7 Å². The van der Waals surface area contributed by atoms with Gasteiger partial charge in [0.2, 0.25) is 0 Å². The topological polar surface area (TPSA) is 3.24 Å². The van der Waals surface area contributed by atoms with Gasteiger partial charge in [0.25, 0.3) is 0 Å². The minimum Gasteiger partial charge on any atom is -0.377 e. The Morgan fingerprint density at radius 2 is 2.08 bits per heavy atom. The highest BCUT2D eigenvalue weighted by Gasteiger charge is 2.31. The Balaban J connectivity index is 2.84. The quantitative estimate of drug-likeness (QED) is 0.577. The monoisotopic (exact) mass is 165 g/mol. The van der Waals surface area contributed by atoms with E-state index < -0.39 is 0 Å². The van der Waals surface area contributed by atoms with Crippen LogP contribution in [0.25, 0.3) is 0 Å². The van der Waals surface area contributed by atoms with E-state index in [4.69, 9.17) is 0 Å². The van der Waals surface area contributed by atoms with Gasteiger partial charge in [0.1, 0.15) is 0 Å². The van der Waals surface area contributed by atoms with Crippen LogP contribution in [-0.2, 0) is 0 Å². The number of likely N-dealkylation sites (tertiary alicyclic amines) is 1. The van der Waals surface area contributed by atoms with Crippen LogP contribution in [0.1, 0.15) is 27.2 Å². The zero-order valence-corrected chi connectivity index (χ0v) is 8.59. The van der Waals surface area contributed by atoms with E-state index in [1.165, 1.54) is 18.7 Å². The van der Waals surface area contributed by atoms with Crippen molar-refractivity contribution < 1.29 is 0 Å². The van der Waals surface area contributed by atoms with E-state index in [0.717, 1.165) is 0 Å². The summed E-state index contributed by atoms with van der Waals surface area (Å²) in [5.41, 5.74) is 1.83. The minimum absolute atomic E-state index is 0.369. The van der Waals surface area contributed by atoms with E-state index in [9.17, 15) is 0 Å². The highest BCUT2D eigenvalue weighted by atomic mass is 15.1. The van der Waals surface area contributed by atoms with Crippen LogP contribution in [0.3, 0.4) is 0 Å². The third-order valence-electron chi connectivity index (χ3n) is 2.62. The number of hydrogen-bond donors (Lipinski definition) is 0. The predicted octanol–water partition coefficient (Wildman–Crippen LogP) is 2.81. The Hall–Kier alpha value is -0.720. The highest BCUT2D eigenvalue weighted by molar-refractivity contribution is 5.20. The second kappa shape index (κ2) is 3.34. The molecule has 0 atom stereocenters. The molecule has 1 aliphatic heterocycles. The summed E-state index contributed by atoms with van der Waals surface area (Å²) in [7, 11) is 2.17. The first kappa shape index (κ1) is 9.37. The molecular formula is C11H19N. The van der Waals surface area contributed by atoms with E-state index in [1.54, 1.807) is 0 Å². The second-order valence-corrected chi connectivity index (χ2v) is 4.13. The maximum atomic E-state index is 2.35. The third kappa shape index (κ3) is 1.71. The lowest BCUT2D eigenvalue weighted by atomic mass is 9.89. The van der Waals surface area contributed by atoms with Crippen LogP contribution >= 0.6 is 0 Å². The van der Waals surface area contributed by atoms with Crippen molar-refractivity contribution in [2.24, 2.45) is 5.41 Å². The average molecular weight is 165 g/mol. The van der Waals surface area contributed by atoms with Gasteiger partial charge in [-0.05, 0) is 19.4 Å². The fraction of sp³-hybridized carbons (Fsp3) is 0.636. The Morgan fingerprint density at radius 3 is 2.50 bits per heavy atom. The Bertz CT molecular complexity index is 211. The number of nitrogens with zero attached hydrogens (tertiary/aromatic N) is 1. The Labute approximate surface area is 75.8 Å². The molecule has 0 bridgehead atoms. The molecule has 0 aromatic carbocycles. The fourth-order valence-electron chi connectivity index (χ4n) is 1.75. The van der Waals surface area contributed by atoms with Gasteiger partial charge in [-0.15, -0.1) is 0 Å². The molecule has 1 aliphatic rings. The molecule has 1 rings (SSSR count). The lowest BCUT2D eigenvalue weighted by Gasteiger charge is -2.22. The first-order valence-electron chi connectivity index (χ1n) is 4.62. The van der Waals surface area contributed by atoms with Crippen LogP contribution in [-0.4, -0.2) is 18.5 Å². The molecular weight excluding hydrogens is 146 g/mol. The zero-order chi connectivity index (χ0) is 9.19. The molecule has 0 amide bonds. The van der Waals surface area contributed by atoms with Crippen molar-refractivity contribution >= 4 is 0 Å². The summed E-state index contributed by atoms with van der Waals surface area (Å²) in [5.74, 6) is 0. The van der Waals surface area contributed by atoms with E-state index >= 15 is 0 Å². The highest BCUT2D eigenvalue weighted by Crippen LogP contribution is 2.38. The second-order valence-electron chi connectivity index (χ2n) is 4.13. The van der Waals surface area contributed by atoms with Crippen LogP contribution in [0.15, 0.2) is 23.9 Å². The van der Waals surface area contributed by atoms with Gasteiger partial charge < -0.3 is 4.90 Å². The maximum absolute atomic E-state index is 2.35. The molecule has 1 heteroatoms. The van der Waals surface area contributed by atoms with Gasteiger partial charge in [-0.2, -0.15) is 0 Å². The summed E-state index contributed by atoms with van der Waals surface area (Å²) in [6, 6.07) is 0. The van der Waals surface area contributed by atoms with Crippen LogP contribution in [0.4, 0.5) is 0 Å². The van der Waals surface area contributed by atoms with Gasteiger partial charge in [0.15, 0.2) is 0 Å². The molecule has 1 saturated heterocycles. The first-order chi connectivity index (χ1) is 5.58. The number of allylic oxidation sites excluding steroid dienone is 4. The molecule has 1 fully saturated rings. The molecule has 68 valence electrons. The van der Waals surface area contributed by atoms with Gasteiger partial charge in [0.05, 0.1) is 0 Å². The van der Waals surface area contributed by atoms with E-state index in [2.05, 4.69) is 50.9 Å². The lowest BCUT2D eigenvalue weighted by Crippen LogP contribution is -2.16. The average Bonchev–Trinajstić information content (AvgIpc) is 2.24. The van der Waals surface area contributed by atoms with Crippen molar-refractivity contribution in [2.75, 3.05) is 13.6 Å². The molecule has 0 saturated carbocycles. The first-order valence-corrected chi connectivity index (χ1v) is 4.62. The molecule has 0 aromatic rings. The molecule has 12 heavy (non-hydrogen) atoms. The molecule has 0 unspecified atom stereocenters. The Kier molecular flexibility index (Phi) is 2.61. The SMILES string of the molecule is C/C=C/C=C1/N(C)CCC1(C)C. The van der Waals surface area contributed by atoms with E-state index in [1.807, 2.05) is 0 Å². The maximum Gasteiger partial charge on any atom is 0.0188 e. The zero-order valence-electron chi connectivity index (χ0n) is 8.59. The summed E-state index contributed by atoms with van der Waals surface area (Å²) in [6.45, 7) is 7.87. The van der Waals surface area contributed by atoms with Crippen molar-refractivity contribution in [3.8, 4) is 0 Å². The summed E-state index contributed by atoms with van der Waals surface area (Å²) in [4.78, 5) is 2.35. The summed E-state index contributed by atoms with van der Waals surface area (Å²) >= 11 is 0. The van der Waals surface area contributed by atoms with Gasteiger partial charge in [-0.25, -0.2) is 0 Å². The molecule has 1 heterocycles. The minimum atomic E-state index is 0.369. The van der Waals surface area contributed by atoms with Gasteiger partial charge in [-0.1, -0.05) is 26.0 Å². The molecule has 0 radical (unpaired) electrons. The van der Waals surface area contributed by atoms with E-state index in [0.29, 0.717) is 5.41 Å². The normalized spacial score (nSPS) is 26.0. The standard InChI is InChI=1S/C11H19N/c1-5-6-7-10-11(2,3)8-9-12(10)4/h5-7H,8-9H2,1-4H3/b6-5+,10-7+. The Morgan fingerprint density at radius 1 is 1.42 bits per heavy atom. The van der Waals surface area contributed by atoms with Crippen molar-refractivity contribution in [1.29, 1.82) is 0 Å². The smallest absolute Gasteiger partial charge is 0.0188 e. The van der Waals surface area contributed by atoms with Crippen molar-refractivity contribution in [3.05, 3.63) is 23.9 Å². The largest absolute Gasteiger partial charge is 0.377 e. The molecule has 0 N–H and O–H groups in total. The van der Waals surface area contributed by atoms with Gasteiger partial charge in [-0.3, -0.25) is 0 Å². The molecule has 0 aromatic heterocycles. The summed E-state index contributed by atoms with van der Waals surface area (Å²) < 4.78 is 0. The van der Waals surface area contributed by atoms with E-state index in [-0.39, 0.29) is 0 Å². The third-order valence-corrected chi connectivity index (χ3v) is 2.62. The van der Waals surface area contributed by atoms with Crippen LogP contribution in [0, 0.1) is 5.41 Å². The van der Waals surface area contributed by atoms with Crippen LogP contribution in [0.2, 0.25) is 0 Å². The summed E-state index contributed by atoms with van der Waals surface area (Å²) in [6.07, 6.45) is 7.70. The number of rotatable bonds is 1. The predicted molar refractivity (Wildman–Crippen MR) is 53.9 cm³/mol. The lowest BCUT2D eigenvalue weighted by molar-refractivity contribution is 0.434. The van der Waals surface area contributed by atoms with Gasteiger partial charge >= 0.3 is 0 Å². The molecule has 0 spiro atoms. The van der Waals surface area contributed by atoms with Crippen LogP contribution in [0.5, 0.6) is 0 Å². The summed E-state index contributed by atoms with van der Waals surface area (Å²) in [5, 5.41) is 0. The van der Waals surface area contributed by atoms with Crippen molar-refractivity contribution in [1.82, 2.24) is 4.90 Å². The number of hydrogen-bond acceptors (Lipinski definition) is 1. The van der Waals surface area contributed by atoms with Crippen molar-refractivity contribution in [3.63, 3.8) is 0 Å². The van der Waals surface area contributed by atoms with Crippen LogP contribution < -0.4 is 0 Å².